The van der Waals surface area contributed by atoms with Gasteiger partial charge in [0.25, 0.3) is 0 Å². The van der Waals surface area contributed by atoms with E-state index in [4.69, 9.17) is 11.6 Å². The minimum Gasteiger partial charge on any atom is -0.272 e. The van der Waals surface area contributed by atoms with Crippen LogP contribution in [0.3, 0.4) is 0 Å². The number of sulfonamides is 1. The molecule has 6 nitrogen and oxygen atoms in total. The summed E-state index contributed by atoms with van der Waals surface area (Å²) in [7, 11) is -3.86. The molecule has 37 heavy (non-hydrogen) atoms. The maximum atomic E-state index is 13.5. The van der Waals surface area contributed by atoms with Crippen molar-refractivity contribution in [1.82, 2.24) is 19.5 Å². The quantitative estimate of drug-likeness (QED) is 0.218. The standard InChI is InChI=1S/C28H25ClN4O2S2/c1-19-15-16-23(29)17-25(19)33-27(30-31-28(33)36-18-21-9-4-3-5-10-21)20(2)32-37(34,35)26-14-8-12-22-11-6-7-13-24(22)26/h3-17,20,32H,18H2,1-2H3. The first-order valence-corrected chi connectivity index (χ1v) is 14.6. The van der Waals surface area contributed by atoms with E-state index < -0.39 is 16.1 Å². The zero-order chi connectivity index (χ0) is 26.0. The number of aromatic nitrogens is 3. The van der Waals surface area contributed by atoms with Crippen LogP contribution < -0.4 is 4.72 Å². The molecule has 0 spiro atoms. The van der Waals surface area contributed by atoms with Crippen molar-refractivity contribution >= 4 is 44.2 Å². The van der Waals surface area contributed by atoms with Crippen LogP contribution in [-0.2, 0) is 15.8 Å². The molecule has 0 fully saturated rings. The van der Waals surface area contributed by atoms with Gasteiger partial charge in [0.15, 0.2) is 11.0 Å². The predicted molar refractivity (Wildman–Crippen MR) is 150 cm³/mol. The average molecular weight is 549 g/mol. The number of nitrogens with zero attached hydrogens (tertiary/aromatic N) is 3. The number of halogens is 1. The highest BCUT2D eigenvalue weighted by Crippen LogP contribution is 2.31. The molecule has 0 aliphatic carbocycles. The molecule has 5 rings (SSSR count). The van der Waals surface area contributed by atoms with Crippen molar-refractivity contribution in [3.05, 3.63) is 113 Å². The Hall–Kier alpha value is -3.17. The number of hydrogen-bond donors (Lipinski definition) is 1. The van der Waals surface area contributed by atoms with E-state index in [1.165, 1.54) is 11.8 Å². The summed E-state index contributed by atoms with van der Waals surface area (Å²) in [6.45, 7) is 3.75. The fourth-order valence-corrected chi connectivity index (χ4v) is 6.71. The van der Waals surface area contributed by atoms with E-state index in [0.29, 0.717) is 27.1 Å². The number of thioether (sulfide) groups is 1. The third-order valence-electron chi connectivity index (χ3n) is 6.04. The first kappa shape index (κ1) is 25.5. The summed E-state index contributed by atoms with van der Waals surface area (Å²) < 4.78 is 31.8. The van der Waals surface area contributed by atoms with Crippen molar-refractivity contribution in [1.29, 1.82) is 0 Å². The molecule has 4 aromatic carbocycles. The van der Waals surface area contributed by atoms with Crippen LogP contribution in [0.1, 0.15) is 29.9 Å². The highest BCUT2D eigenvalue weighted by atomic mass is 35.5. The predicted octanol–water partition coefficient (Wildman–Crippen LogP) is 6.71. The summed E-state index contributed by atoms with van der Waals surface area (Å²) in [6, 6.07) is 27.7. The molecular weight excluding hydrogens is 524 g/mol. The fourth-order valence-electron chi connectivity index (χ4n) is 4.21. The molecule has 0 bridgehead atoms. The van der Waals surface area contributed by atoms with Crippen LogP contribution in [-0.4, -0.2) is 23.2 Å². The Morgan fingerprint density at radius 3 is 2.49 bits per heavy atom. The van der Waals surface area contributed by atoms with Gasteiger partial charge in [-0.25, -0.2) is 13.1 Å². The first-order valence-electron chi connectivity index (χ1n) is 11.7. The molecule has 1 aromatic heterocycles. The molecule has 0 aliphatic rings. The molecule has 1 unspecified atom stereocenters. The molecule has 9 heteroatoms. The molecule has 5 aromatic rings. The second-order valence-corrected chi connectivity index (χ2v) is 11.8. The van der Waals surface area contributed by atoms with Gasteiger partial charge in [-0.15, -0.1) is 10.2 Å². The van der Waals surface area contributed by atoms with Crippen molar-refractivity contribution in [3.63, 3.8) is 0 Å². The number of benzene rings is 4. The third kappa shape index (κ3) is 5.43. The highest BCUT2D eigenvalue weighted by molar-refractivity contribution is 7.98. The van der Waals surface area contributed by atoms with E-state index in [1.807, 2.05) is 78.2 Å². The summed E-state index contributed by atoms with van der Waals surface area (Å²) in [6.07, 6.45) is 0. The maximum Gasteiger partial charge on any atom is 0.241 e. The molecule has 1 N–H and O–H groups in total. The third-order valence-corrected chi connectivity index (χ3v) is 8.87. The van der Waals surface area contributed by atoms with E-state index in [9.17, 15) is 8.42 Å². The van der Waals surface area contributed by atoms with Crippen molar-refractivity contribution in [3.8, 4) is 5.69 Å². The van der Waals surface area contributed by atoms with Crippen molar-refractivity contribution in [2.45, 2.75) is 35.7 Å². The minimum atomic E-state index is -3.86. The van der Waals surface area contributed by atoms with Gasteiger partial charge < -0.3 is 0 Å². The van der Waals surface area contributed by atoms with Crippen molar-refractivity contribution in [2.24, 2.45) is 0 Å². The molecule has 1 atom stereocenters. The lowest BCUT2D eigenvalue weighted by atomic mass is 10.1. The largest absolute Gasteiger partial charge is 0.272 e. The van der Waals surface area contributed by atoms with Crippen LogP contribution in [0.2, 0.25) is 5.02 Å². The van der Waals surface area contributed by atoms with Crippen LogP contribution in [0.15, 0.2) is 101 Å². The summed E-state index contributed by atoms with van der Waals surface area (Å²) in [4.78, 5) is 0.223. The average Bonchev–Trinajstić information content (AvgIpc) is 3.33. The summed E-state index contributed by atoms with van der Waals surface area (Å²) in [5.41, 5.74) is 2.92. The Balaban J connectivity index is 1.53. The SMILES string of the molecule is Cc1ccc(Cl)cc1-n1c(SCc2ccccc2)nnc1C(C)NS(=O)(=O)c1cccc2ccccc12. The van der Waals surface area contributed by atoms with E-state index >= 15 is 0 Å². The molecule has 0 aliphatic heterocycles. The Labute approximate surface area is 225 Å². The molecular formula is C28H25ClN4O2S2. The number of fused-ring (bicyclic) bond motifs is 1. The summed E-state index contributed by atoms with van der Waals surface area (Å²) in [5, 5.41) is 11.6. The van der Waals surface area contributed by atoms with Crippen LogP contribution in [0.25, 0.3) is 16.5 Å². The zero-order valence-electron chi connectivity index (χ0n) is 20.3. The van der Waals surface area contributed by atoms with Crippen LogP contribution in [0, 0.1) is 6.92 Å². The molecule has 0 amide bonds. The zero-order valence-corrected chi connectivity index (χ0v) is 22.7. The number of aryl methyl sites for hydroxylation is 1. The lowest BCUT2D eigenvalue weighted by Crippen LogP contribution is -2.29. The molecule has 1 heterocycles. The van der Waals surface area contributed by atoms with E-state index in [1.54, 1.807) is 19.1 Å². The number of nitrogens with one attached hydrogen (secondary N) is 1. The number of hydrogen-bond acceptors (Lipinski definition) is 5. The van der Waals surface area contributed by atoms with Gasteiger partial charge in [-0.2, -0.15) is 0 Å². The second kappa shape index (κ2) is 10.7. The Morgan fingerprint density at radius 2 is 1.68 bits per heavy atom. The van der Waals surface area contributed by atoms with E-state index in [-0.39, 0.29) is 4.90 Å². The topological polar surface area (TPSA) is 76.9 Å². The van der Waals surface area contributed by atoms with E-state index in [2.05, 4.69) is 27.1 Å². The van der Waals surface area contributed by atoms with Crippen LogP contribution >= 0.6 is 23.4 Å². The van der Waals surface area contributed by atoms with E-state index in [0.717, 1.165) is 22.2 Å². The van der Waals surface area contributed by atoms with Crippen LogP contribution in [0.5, 0.6) is 0 Å². The van der Waals surface area contributed by atoms with Gasteiger partial charge in [0.05, 0.1) is 16.6 Å². The maximum absolute atomic E-state index is 13.5. The first-order chi connectivity index (χ1) is 17.8. The molecule has 0 saturated carbocycles. The monoisotopic (exact) mass is 548 g/mol. The van der Waals surface area contributed by atoms with Gasteiger partial charge in [0.2, 0.25) is 10.0 Å². The lowest BCUT2D eigenvalue weighted by molar-refractivity contribution is 0.556. The highest BCUT2D eigenvalue weighted by Gasteiger charge is 2.26. The number of rotatable bonds is 8. The van der Waals surface area contributed by atoms with Gasteiger partial charge in [0, 0.05) is 16.2 Å². The summed E-state index contributed by atoms with van der Waals surface area (Å²) >= 11 is 7.89. The normalized spacial score (nSPS) is 12.6. The summed E-state index contributed by atoms with van der Waals surface area (Å²) in [5.74, 6) is 1.17. The molecule has 188 valence electrons. The lowest BCUT2D eigenvalue weighted by Gasteiger charge is -2.18. The van der Waals surface area contributed by atoms with Gasteiger partial charge in [-0.1, -0.05) is 96.2 Å². The van der Waals surface area contributed by atoms with Crippen molar-refractivity contribution < 1.29 is 8.42 Å². The van der Waals surface area contributed by atoms with Crippen molar-refractivity contribution in [2.75, 3.05) is 0 Å². The van der Waals surface area contributed by atoms with Gasteiger partial charge >= 0.3 is 0 Å². The Morgan fingerprint density at radius 1 is 0.946 bits per heavy atom. The Bertz CT molecular complexity index is 1670. The van der Waals surface area contributed by atoms with Gasteiger partial charge in [-0.3, -0.25) is 4.57 Å². The fraction of sp³-hybridized carbons (Fsp3) is 0.143. The van der Waals surface area contributed by atoms with Gasteiger partial charge in [0.1, 0.15) is 0 Å². The molecule has 0 saturated heterocycles. The Kier molecular flexibility index (Phi) is 7.35. The minimum absolute atomic E-state index is 0.223. The second-order valence-electron chi connectivity index (χ2n) is 8.70. The smallest absolute Gasteiger partial charge is 0.241 e. The molecule has 0 radical (unpaired) electrons. The van der Waals surface area contributed by atoms with Crippen LogP contribution in [0.4, 0.5) is 0 Å². The van der Waals surface area contributed by atoms with Gasteiger partial charge in [-0.05, 0) is 48.6 Å².